The Hall–Kier alpha value is -5.30. The minimum absolute atomic E-state index is 0.0394. The average molecular weight is 756 g/mol. The van der Waals surface area contributed by atoms with Crippen LogP contribution >= 0.6 is 0 Å². The lowest BCUT2D eigenvalue weighted by Gasteiger charge is -2.31. The molecule has 0 atom stereocenters. The van der Waals surface area contributed by atoms with Gasteiger partial charge in [0.05, 0.1) is 30.0 Å². The number of ether oxygens (including phenoxy) is 2. The first-order chi connectivity index (χ1) is 26.0. The Balaban J connectivity index is 1.31. The van der Waals surface area contributed by atoms with E-state index in [0.717, 1.165) is 29.1 Å². The Kier molecular flexibility index (Phi) is 13.8. The molecule has 54 heavy (non-hydrogen) atoms. The normalized spacial score (nSPS) is 12.6. The molecule has 2 heterocycles. The van der Waals surface area contributed by atoms with E-state index < -0.39 is 28.5 Å². The number of fused-ring (bicyclic) bond motifs is 2. The molecule has 1 aromatic heterocycles. The second-order valence-electron chi connectivity index (χ2n) is 13.3. The highest BCUT2D eigenvalue weighted by molar-refractivity contribution is 7.93. The Bertz CT molecular complexity index is 2100. The summed E-state index contributed by atoms with van der Waals surface area (Å²) in [7, 11) is -4.29. The lowest BCUT2D eigenvalue weighted by atomic mass is 9.97. The first kappa shape index (κ1) is 39.9. The fourth-order valence-electron chi connectivity index (χ4n) is 6.72. The van der Waals surface area contributed by atoms with Gasteiger partial charge in [0.1, 0.15) is 17.3 Å². The maximum absolute atomic E-state index is 14.2. The monoisotopic (exact) mass is 755 g/mol. The molecule has 286 valence electrons. The predicted molar refractivity (Wildman–Crippen MR) is 209 cm³/mol. The highest BCUT2D eigenvalue weighted by Crippen LogP contribution is 2.35. The number of esters is 2. The van der Waals surface area contributed by atoms with Gasteiger partial charge in [0.2, 0.25) is 5.91 Å². The van der Waals surface area contributed by atoms with Gasteiger partial charge in [0, 0.05) is 35.8 Å². The minimum Gasteiger partial charge on any atom is -0.465 e. The number of aromatic nitrogens is 1. The Morgan fingerprint density at radius 3 is 2.50 bits per heavy atom. The molecule has 13 heteroatoms. The zero-order chi connectivity index (χ0) is 38.7. The van der Waals surface area contributed by atoms with Gasteiger partial charge in [-0.1, -0.05) is 63.3 Å². The molecule has 0 unspecified atom stereocenters. The summed E-state index contributed by atoms with van der Waals surface area (Å²) in [5, 5.41) is 8.79. The van der Waals surface area contributed by atoms with E-state index in [4.69, 9.17) is 20.6 Å². The molecule has 3 aromatic carbocycles. The third kappa shape index (κ3) is 9.62. The van der Waals surface area contributed by atoms with E-state index in [2.05, 4.69) is 11.9 Å². The fourth-order valence-corrected chi connectivity index (χ4v) is 8.29. The highest BCUT2D eigenvalue weighted by atomic mass is 32.2. The van der Waals surface area contributed by atoms with Gasteiger partial charge in [0.15, 0.2) is 0 Å². The van der Waals surface area contributed by atoms with Gasteiger partial charge in [-0.25, -0.2) is 13.2 Å². The standard InChI is InChI=1S/C41H49N5O7S/c1-3-5-6-7-8-9-25-53-41(49)32-18-17-29(34(27-32)40(42)43)19-22-37(47)45-24-12-15-31-26-33(20-21-35(31)45)46(28-38(48)52-4-2)54(50,51)36-16-10-13-30-14-11-23-44-39(30)36/h10-11,13-14,16-18,20-21,23,26-27H,3-9,12,15,19,22,24-25,28H2,1-2H3,(H3,42,43). The number of carbonyl (C=O) groups is 3. The summed E-state index contributed by atoms with van der Waals surface area (Å²) in [6, 6.07) is 18.3. The van der Waals surface area contributed by atoms with E-state index in [0.29, 0.717) is 53.8 Å². The van der Waals surface area contributed by atoms with E-state index in [1.54, 1.807) is 72.5 Å². The molecule has 4 aromatic rings. The number of anilines is 2. The van der Waals surface area contributed by atoms with Gasteiger partial charge in [0.25, 0.3) is 10.0 Å². The van der Waals surface area contributed by atoms with Crippen molar-refractivity contribution in [2.45, 2.75) is 83.0 Å². The van der Waals surface area contributed by atoms with Crippen LogP contribution in [0.2, 0.25) is 0 Å². The van der Waals surface area contributed by atoms with Crippen molar-refractivity contribution in [3.05, 3.63) is 95.2 Å². The number of nitrogens with two attached hydrogens (primary N) is 1. The Morgan fingerprint density at radius 2 is 1.72 bits per heavy atom. The number of pyridine rings is 1. The van der Waals surface area contributed by atoms with Crippen molar-refractivity contribution in [3.8, 4) is 0 Å². The Morgan fingerprint density at radius 1 is 0.944 bits per heavy atom. The minimum atomic E-state index is -4.29. The SMILES string of the molecule is CCCCCCCCOC(=O)c1ccc(CCC(=O)N2CCCc3cc(N(CC(=O)OCC)S(=O)(=O)c4cccc5cccnc45)ccc32)c(C(=N)N)c1. The first-order valence-electron chi connectivity index (χ1n) is 18.6. The smallest absolute Gasteiger partial charge is 0.338 e. The molecule has 1 aliphatic heterocycles. The quantitative estimate of drug-likeness (QED) is 0.0485. The van der Waals surface area contributed by atoms with Crippen molar-refractivity contribution >= 4 is 56.0 Å². The maximum atomic E-state index is 14.2. The van der Waals surface area contributed by atoms with Crippen molar-refractivity contribution in [3.63, 3.8) is 0 Å². The molecule has 3 N–H and O–H groups in total. The van der Waals surface area contributed by atoms with Crippen LogP contribution < -0.4 is 14.9 Å². The third-order valence-electron chi connectivity index (χ3n) is 9.49. The molecule has 0 saturated carbocycles. The van der Waals surface area contributed by atoms with Crippen molar-refractivity contribution in [2.24, 2.45) is 5.73 Å². The number of rotatable bonds is 18. The van der Waals surface area contributed by atoms with E-state index in [-0.39, 0.29) is 47.3 Å². The van der Waals surface area contributed by atoms with Crippen LogP contribution in [-0.2, 0) is 41.9 Å². The highest BCUT2D eigenvalue weighted by Gasteiger charge is 2.31. The summed E-state index contributed by atoms with van der Waals surface area (Å²) in [5.41, 5.74) is 9.23. The van der Waals surface area contributed by atoms with E-state index in [1.165, 1.54) is 31.5 Å². The lowest BCUT2D eigenvalue weighted by Crippen LogP contribution is -2.38. The largest absolute Gasteiger partial charge is 0.465 e. The summed E-state index contributed by atoms with van der Waals surface area (Å²) in [4.78, 5) is 45.2. The van der Waals surface area contributed by atoms with Crippen LogP contribution in [-0.4, -0.2) is 63.4 Å². The Labute approximate surface area is 317 Å². The van der Waals surface area contributed by atoms with Crippen molar-refractivity contribution in [1.82, 2.24) is 4.98 Å². The first-order valence-corrected chi connectivity index (χ1v) is 20.1. The van der Waals surface area contributed by atoms with Gasteiger partial charge >= 0.3 is 11.9 Å². The number of nitrogens with one attached hydrogen (secondary N) is 1. The van der Waals surface area contributed by atoms with Gasteiger partial charge in [-0.3, -0.25) is 24.3 Å². The van der Waals surface area contributed by atoms with Gasteiger partial charge in [-0.05, 0) is 86.2 Å². The number of para-hydroxylation sites is 1. The molecule has 0 radical (unpaired) electrons. The van der Waals surface area contributed by atoms with Crippen LogP contribution in [0.25, 0.3) is 10.9 Å². The second-order valence-corrected chi connectivity index (χ2v) is 15.1. The summed E-state index contributed by atoms with van der Waals surface area (Å²) in [5.74, 6) is -1.54. The molecule has 5 rings (SSSR count). The van der Waals surface area contributed by atoms with Crippen molar-refractivity contribution in [1.29, 1.82) is 5.41 Å². The molecule has 0 fully saturated rings. The van der Waals surface area contributed by atoms with Crippen LogP contribution in [0.1, 0.15) is 92.3 Å². The maximum Gasteiger partial charge on any atom is 0.338 e. The number of benzene rings is 3. The molecule has 1 aliphatic rings. The zero-order valence-corrected chi connectivity index (χ0v) is 31.8. The molecular formula is C41H49N5O7S. The van der Waals surface area contributed by atoms with Crippen LogP contribution in [0.4, 0.5) is 11.4 Å². The molecule has 0 bridgehead atoms. The fraction of sp³-hybridized carbons (Fsp3) is 0.390. The molecule has 0 saturated heterocycles. The summed E-state index contributed by atoms with van der Waals surface area (Å²) in [6.07, 6.45) is 9.63. The van der Waals surface area contributed by atoms with Crippen molar-refractivity contribution in [2.75, 3.05) is 35.5 Å². The van der Waals surface area contributed by atoms with Gasteiger partial charge in [-0.15, -0.1) is 0 Å². The number of hydrogen-bond donors (Lipinski definition) is 2. The second kappa shape index (κ2) is 18.6. The van der Waals surface area contributed by atoms with Crippen LogP contribution in [0.15, 0.2) is 77.8 Å². The van der Waals surface area contributed by atoms with Crippen LogP contribution in [0, 0.1) is 5.41 Å². The summed E-state index contributed by atoms with van der Waals surface area (Å²) >= 11 is 0. The average Bonchev–Trinajstić information content (AvgIpc) is 3.17. The van der Waals surface area contributed by atoms with Crippen molar-refractivity contribution < 1.29 is 32.3 Å². The molecule has 0 spiro atoms. The number of hydrogen-bond acceptors (Lipinski definition) is 9. The van der Waals surface area contributed by atoms with Crippen LogP contribution in [0.5, 0.6) is 0 Å². The van der Waals surface area contributed by atoms with Gasteiger partial charge < -0.3 is 20.1 Å². The number of nitrogen functional groups attached to an aromatic ring is 1. The van der Waals surface area contributed by atoms with Crippen LogP contribution in [0.3, 0.4) is 0 Å². The lowest BCUT2D eigenvalue weighted by molar-refractivity contribution is -0.141. The number of carbonyl (C=O) groups excluding carboxylic acids is 3. The van der Waals surface area contributed by atoms with E-state index >= 15 is 0 Å². The molecular weight excluding hydrogens is 707 g/mol. The zero-order valence-electron chi connectivity index (χ0n) is 31.0. The number of unbranched alkanes of at least 4 members (excludes halogenated alkanes) is 5. The summed E-state index contributed by atoms with van der Waals surface area (Å²) < 4.78 is 40.1. The number of nitrogens with zero attached hydrogens (tertiary/aromatic N) is 3. The number of sulfonamides is 1. The van der Waals surface area contributed by atoms with E-state index in [1.807, 2.05) is 0 Å². The number of amidine groups is 1. The number of aryl methyl sites for hydroxylation is 2. The predicted octanol–water partition coefficient (Wildman–Crippen LogP) is 6.71. The number of amides is 1. The molecule has 1 amide bonds. The topological polar surface area (TPSA) is 173 Å². The molecule has 0 aliphatic carbocycles. The van der Waals surface area contributed by atoms with E-state index in [9.17, 15) is 22.8 Å². The molecule has 12 nitrogen and oxygen atoms in total. The third-order valence-corrected chi connectivity index (χ3v) is 11.3. The summed E-state index contributed by atoms with van der Waals surface area (Å²) in [6.45, 7) is 4.17. The van der Waals surface area contributed by atoms with Gasteiger partial charge in [-0.2, -0.15) is 0 Å².